The summed E-state index contributed by atoms with van der Waals surface area (Å²) >= 11 is 0. The smallest absolute Gasteiger partial charge is 0.338 e. The summed E-state index contributed by atoms with van der Waals surface area (Å²) in [6.07, 6.45) is 2.78. The molecular formula is C38H39NO9. The van der Waals surface area contributed by atoms with Crippen LogP contribution in [0.25, 0.3) is 0 Å². The first-order chi connectivity index (χ1) is 23.4. The Morgan fingerprint density at radius 2 is 1.48 bits per heavy atom. The summed E-state index contributed by atoms with van der Waals surface area (Å²) in [5.41, 5.74) is 1.16. The molecule has 10 nitrogen and oxygen atoms in total. The average Bonchev–Trinajstić information content (AvgIpc) is 3.11. The van der Waals surface area contributed by atoms with Crippen LogP contribution in [0.3, 0.4) is 0 Å². The molecule has 250 valence electrons. The van der Waals surface area contributed by atoms with E-state index in [4.69, 9.17) is 18.9 Å². The molecule has 0 aromatic heterocycles. The number of aliphatic hydroxyl groups excluding tert-OH is 1. The van der Waals surface area contributed by atoms with Crippen molar-refractivity contribution in [3.05, 3.63) is 114 Å². The lowest BCUT2D eigenvalue weighted by molar-refractivity contribution is -0.169. The average molecular weight is 654 g/mol. The Morgan fingerprint density at radius 3 is 2.25 bits per heavy atom. The Labute approximate surface area is 279 Å². The second kappa shape index (κ2) is 15.3. The highest BCUT2D eigenvalue weighted by Crippen LogP contribution is 2.45. The molecule has 2 N–H and O–H groups in total. The highest BCUT2D eigenvalue weighted by molar-refractivity contribution is 5.95. The van der Waals surface area contributed by atoms with Gasteiger partial charge in [-0.25, -0.2) is 14.4 Å². The standard InChI is InChI=1S/C38H39NO9/c40-32-17-9-10-18-45-31-16-8-7-15-30(31)33(39-36(42)25-11-3-1-4-12-25)34(41)38(44)47-29-21-24-19-27(22-29)35(28(20-24)23-46-32)48-37(43)26-13-5-2-6-14-26/h1-9,11-17,24,27-29,33-35,41H,10,18-23H2,(H,39,42)/b17-9+/t24-,27-,28-,29-,33+,34-,35?/m1/s1. The maximum absolute atomic E-state index is 13.7. The Balaban J connectivity index is 1.28. The summed E-state index contributed by atoms with van der Waals surface area (Å²) in [4.78, 5) is 52.8. The Hall–Kier alpha value is -4.96. The van der Waals surface area contributed by atoms with E-state index >= 15 is 0 Å². The highest BCUT2D eigenvalue weighted by Gasteiger charge is 2.47. The normalized spacial score (nSPS) is 28.2. The van der Waals surface area contributed by atoms with Crippen molar-refractivity contribution in [3.63, 3.8) is 0 Å². The Bertz CT molecular complexity index is 1630. The summed E-state index contributed by atoms with van der Waals surface area (Å²) in [5.74, 6) is -2.26. The molecule has 4 bridgehead atoms. The molecule has 3 aromatic carbocycles. The second-order valence-corrected chi connectivity index (χ2v) is 12.6. The number of ether oxygens (including phenoxy) is 4. The number of fused-ring (bicyclic) bond motifs is 9. The zero-order valence-electron chi connectivity index (χ0n) is 26.4. The van der Waals surface area contributed by atoms with Crippen molar-refractivity contribution in [1.29, 1.82) is 0 Å². The van der Waals surface area contributed by atoms with E-state index in [1.165, 1.54) is 6.08 Å². The molecule has 4 aliphatic rings. The number of carbonyl (C=O) groups excluding carboxylic acids is 4. The van der Waals surface area contributed by atoms with E-state index in [9.17, 15) is 24.3 Å². The topological polar surface area (TPSA) is 137 Å². The number of nitrogens with one attached hydrogen (secondary N) is 1. The number of amides is 1. The van der Waals surface area contributed by atoms with Crippen LogP contribution in [0.1, 0.15) is 64.4 Å². The molecule has 7 atom stereocenters. The molecule has 2 aliphatic heterocycles. The minimum absolute atomic E-state index is 0.0821. The van der Waals surface area contributed by atoms with Gasteiger partial charge < -0.3 is 29.4 Å². The number of carbonyl (C=O) groups is 4. The van der Waals surface area contributed by atoms with Crippen LogP contribution in [0.5, 0.6) is 5.75 Å². The van der Waals surface area contributed by atoms with Crippen LogP contribution in [0.4, 0.5) is 0 Å². The number of rotatable bonds is 4. The molecule has 0 spiro atoms. The first-order valence-corrected chi connectivity index (χ1v) is 16.4. The number of hydrogen-bond donors (Lipinski definition) is 2. The molecule has 2 fully saturated rings. The molecule has 0 saturated heterocycles. The first kappa shape index (κ1) is 33.0. The fourth-order valence-corrected chi connectivity index (χ4v) is 7.09. The van der Waals surface area contributed by atoms with Crippen molar-refractivity contribution < 1.29 is 43.2 Å². The van der Waals surface area contributed by atoms with Crippen LogP contribution in [0, 0.1) is 17.8 Å². The van der Waals surface area contributed by atoms with E-state index in [-0.39, 0.29) is 31.0 Å². The van der Waals surface area contributed by atoms with Crippen LogP contribution in [-0.2, 0) is 23.8 Å². The quantitative estimate of drug-likeness (QED) is 0.295. The molecule has 1 amide bonds. The van der Waals surface area contributed by atoms with Crippen LogP contribution >= 0.6 is 0 Å². The van der Waals surface area contributed by atoms with Crippen LogP contribution in [-0.4, -0.2) is 60.4 Å². The third-order valence-electron chi connectivity index (χ3n) is 9.27. The summed E-state index contributed by atoms with van der Waals surface area (Å²) < 4.78 is 23.7. The van der Waals surface area contributed by atoms with Gasteiger partial charge in [-0.15, -0.1) is 0 Å². The Kier molecular flexibility index (Phi) is 10.5. The lowest BCUT2D eigenvalue weighted by Crippen LogP contribution is -2.49. The molecule has 10 heteroatoms. The zero-order chi connectivity index (χ0) is 33.5. The molecule has 2 aliphatic carbocycles. The number of aliphatic hydroxyl groups is 1. The molecule has 0 radical (unpaired) electrons. The molecule has 2 saturated carbocycles. The van der Waals surface area contributed by atoms with E-state index in [0.717, 1.165) is 6.42 Å². The SMILES string of the molecule is O=C1/C=C/CCOc2ccccc2[C@H](NC(=O)c2ccccc2)[C@@H](O)C(=O)O[C@@H]2C[C@@H]3C[C@H](C2)C(OC(=O)c2ccccc2)[C@@H](CO1)C3. The number of para-hydroxylation sites is 1. The fraction of sp³-hybridized carbons (Fsp3) is 0.368. The van der Waals surface area contributed by atoms with Crippen molar-refractivity contribution >= 4 is 23.8 Å². The number of esters is 3. The van der Waals surface area contributed by atoms with Crippen molar-refractivity contribution in [1.82, 2.24) is 5.32 Å². The van der Waals surface area contributed by atoms with Crippen LogP contribution in [0.15, 0.2) is 97.1 Å². The summed E-state index contributed by atoms with van der Waals surface area (Å²) in [5, 5.41) is 14.3. The van der Waals surface area contributed by atoms with Gasteiger partial charge in [-0.3, -0.25) is 4.79 Å². The van der Waals surface area contributed by atoms with E-state index in [1.807, 2.05) is 6.07 Å². The van der Waals surface area contributed by atoms with Crippen molar-refractivity contribution in [2.24, 2.45) is 17.8 Å². The van der Waals surface area contributed by atoms with Gasteiger partial charge in [0.1, 0.15) is 18.0 Å². The van der Waals surface area contributed by atoms with Gasteiger partial charge in [-0.2, -0.15) is 0 Å². The van der Waals surface area contributed by atoms with Crippen molar-refractivity contribution in [3.8, 4) is 5.75 Å². The monoisotopic (exact) mass is 653 g/mol. The molecular weight excluding hydrogens is 614 g/mol. The van der Waals surface area contributed by atoms with Crippen LogP contribution < -0.4 is 10.1 Å². The van der Waals surface area contributed by atoms with Gasteiger partial charge in [-0.1, -0.05) is 60.7 Å². The van der Waals surface area contributed by atoms with Gasteiger partial charge in [-0.05, 0) is 68.4 Å². The molecule has 1 unspecified atom stereocenters. The van der Waals surface area contributed by atoms with E-state index in [0.29, 0.717) is 48.1 Å². The van der Waals surface area contributed by atoms with Gasteiger partial charge in [0.25, 0.3) is 5.91 Å². The maximum Gasteiger partial charge on any atom is 0.338 e. The number of hydrogen-bond acceptors (Lipinski definition) is 9. The van der Waals surface area contributed by atoms with Crippen molar-refractivity contribution in [2.75, 3.05) is 13.2 Å². The summed E-state index contributed by atoms with van der Waals surface area (Å²) in [6.45, 7) is 0.255. The minimum Gasteiger partial charge on any atom is -0.493 e. The van der Waals surface area contributed by atoms with Gasteiger partial charge in [0, 0.05) is 29.0 Å². The maximum atomic E-state index is 13.7. The lowest BCUT2D eigenvalue weighted by Gasteiger charge is -2.46. The first-order valence-electron chi connectivity index (χ1n) is 16.4. The summed E-state index contributed by atoms with van der Waals surface area (Å²) in [6, 6.07) is 22.8. The van der Waals surface area contributed by atoms with Gasteiger partial charge in [0.15, 0.2) is 6.10 Å². The fourth-order valence-electron chi connectivity index (χ4n) is 7.09. The zero-order valence-corrected chi connectivity index (χ0v) is 26.4. The van der Waals surface area contributed by atoms with Gasteiger partial charge in [0.05, 0.1) is 24.8 Å². The largest absolute Gasteiger partial charge is 0.493 e. The Morgan fingerprint density at radius 1 is 0.792 bits per heavy atom. The van der Waals surface area contributed by atoms with Crippen molar-refractivity contribution in [2.45, 2.75) is 56.5 Å². The number of benzene rings is 3. The molecule has 3 aromatic rings. The third-order valence-corrected chi connectivity index (χ3v) is 9.27. The van der Waals surface area contributed by atoms with Gasteiger partial charge >= 0.3 is 17.9 Å². The summed E-state index contributed by atoms with van der Waals surface area (Å²) in [7, 11) is 0. The van der Waals surface area contributed by atoms with Crippen LogP contribution in [0.2, 0.25) is 0 Å². The minimum atomic E-state index is -1.75. The van der Waals surface area contributed by atoms with Gasteiger partial charge in [0.2, 0.25) is 0 Å². The van der Waals surface area contributed by atoms with E-state index in [2.05, 4.69) is 5.32 Å². The molecule has 48 heavy (non-hydrogen) atoms. The highest BCUT2D eigenvalue weighted by atomic mass is 16.6. The predicted molar refractivity (Wildman–Crippen MR) is 174 cm³/mol. The molecule has 2 heterocycles. The van der Waals surface area contributed by atoms with E-state index < -0.39 is 48.2 Å². The predicted octanol–water partition coefficient (Wildman–Crippen LogP) is 4.97. The third kappa shape index (κ3) is 7.94. The lowest BCUT2D eigenvalue weighted by atomic mass is 9.65. The van der Waals surface area contributed by atoms with E-state index in [1.54, 1.807) is 84.9 Å². The molecule has 7 rings (SSSR count). The second-order valence-electron chi connectivity index (χ2n) is 12.6.